The quantitative estimate of drug-likeness (QED) is 0.654. The summed E-state index contributed by atoms with van der Waals surface area (Å²) >= 11 is 0. The van der Waals surface area contributed by atoms with E-state index in [9.17, 15) is 9.90 Å². The number of nitrogens with one attached hydrogen (secondary N) is 1. The number of carbonyl (C=O) groups is 1. The molecule has 1 aliphatic rings. The van der Waals surface area contributed by atoms with E-state index in [1.807, 2.05) is 67.6 Å². The van der Waals surface area contributed by atoms with Crippen LogP contribution in [0, 0.1) is 6.92 Å². The van der Waals surface area contributed by atoms with Crippen molar-refractivity contribution in [3.63, 3.8) is 0 Å². The van der Waals surface area contributed by atoms with Crippen LogP contribution in [0.25, 0.3) is 0 Å². The number of piperazine rings is 1. The number of aryl methyl sites for hydroxylation is 1. The number of phenols is 1. The lowest BCUT2D eigenvalue weighted by Crippen LogP contribution is -2.50. The number of aromatic hydroxyl groups is 1. The average Bonchev–Trinajstić information content (AvgIpc) is 2.77. The van der Waals surface area contributed by atoms with Gasteiger partial charge in [-0.05, 0) is 43.3 Å². The number of hydrogen-bond acceptors (Lipinski definition) is 4. The third-order valence-corrected chi connectivity index (χ3v) is 5.14. The number of rotatable bonds is 4. The van der Waals surface area contributed by atoms with Crippen LogP contribution >= 0.6 is 0 Å². The SMILES string of the molecule is Cc1ccc(Oc2ccccc2NC(=O)N2CCN(c3cccc(O)c3)CC2)cc1. The van der Waals surface area contributed by atoms with Gasteiger partial charge in [-0.2, -0.15) is 0 Å². The highest BCUT2D eigenvalue weighted by atomic mass is 16.5. The van der Waals surface area contributed by atoms with Crippen molar-refractivity contribution in [2.75, 3.05) is 36.4 Å². The summed E-state index contributed by atoms with van der Waals surface area (Å²) in [5.41, 5.74) is 2.76. The topological polar surface area (TPSA) is 65.0 Å². The van der Waals surface area contributed by atoms with Crippen LogP contribution in [0.2, 0.25) is 0 Å². The molecule has 0 aliphatic carbocycles. The van der Waals surface area contributed by atoms with Crippen molar-refractivity contribution in [1.82, 2.24) is 4.90 Å². The fraction of sp³-hybridized carbons (Fsp3) is 0.208. The molecule has 2 N–H and O–H groups in total. The Morgan fingerprint density at radius 2 is 1.67 bits per heavy atom. The first-order valence-electron chi connectivity index (χ1n) is 10.0. The van der Waals surface area contributed by atoms with Gasteiger partial charge in [-0.15, -0.1) is 0 Å². The number of nitrogens with zero attached hydrogens (tertiary/aromatic N) is 2. The maximum absolute atomic E-state index is 12.8. The van der Waals surface area contributed by atoms with Crippen molar-refractivity contribution in [3.8, 4) is 17.2 Å². The molecule has 3 aromatic rings. The molecule has 0 aromatic heterocycles. The molecule has 1 saturated heterocycles. The highest BCUT2D eigenvalue weighted by Crippen LogP contribution is 2.30. The molecule has 2 amide bonds. The molecule has 0 unspecified atom stereocenters. The fourth-order valence-corrected chi connectivity index (χ4v) is 3.44. The van der Waals surface area contributed by atoms with Crippen molar-refractivity contribution in [1.29, 1.82) is 0 Å². The molecule has 0 atom stereocenters. The zero-order valence-corrected chi connectivity index (χ0v) is 16.9. The average molecular weight is 403 g/mol. The minimum Gasteiger partial charge on any atom is -0.508 e. The van der Waals surface area contributed by atoms with Gasteiger partial charge in [-0.1, -0.05) is 35.9 Å². The summed E-state index contributed by atoms with van der Waals surface area (Å²) < 4.78 is 5.97. The molecule has 4 rings (SSSR count). The van der Waals surface area contributed by atoms with Crippen LogP contribution in [0.5, 0.6) is 17.2 Å². The van der Waals surface area contributed by atoms with Gasteiger partial charge in [0, 0.05) is 37.9 Å². The van der Waals surface area contributed by atoms with E-state index >= 15 is 0 Å². The van der Waals surface area contributed by atoms with E-state index in [1.54, 1.807) is 17.0 Å². The summed E-state index contributed by atoms with van der Waals surface area (Å²) in [6.07, 6.45) is 0. The number of ether oxygens (including phenoxy) is 1. The second-order valence-electron chi connectivity index (χ2n) is 7.34. The van der Waals surface area contributed by atoms with Gasteiger partial charge >= 0.3 is 6.03 Å². The second kappa shape index (κ2) is 8.78. The Balaban J connectivity index is 1.38. The summed E-state index contributed by atoms with van der Waals surface area (Å²) in [5, 5.41) is 12.7. The molecule has 6 heteroatoms. The molecule has 154 valence electrons. The molecule has 0 saturated carbocycles. The van der Waals surface area contributed by atoms with Crippen LogP contribution in [0.4, 0.5) is 16.2 Å². The van der Waals surface area contributed by atoms with Crippen molar-refractivity contribution < 1.29 is 14.6 Å². The van der Waals surface area contributed by atoms with Crippen LogP contribution < -0.4 is 15.0 Å². The Labute approximate surface area is 176 Å². The van der Waals surface area contributed by atoms with Gasteiger partial charge in [0.05, 0.1) is 5.69 Å². The van der Waals surface area contributed by atoms with Crippen LogP contribution in [0.3, 0.4) is 0 Å². The zero-order chi connectivity index (χ0) is 20.9. The molecule has 1 heterocycles. The van der Waals surface area contributed by atoms with Crippen LogP contribution in [-0.2, 0) is 0 Å². The summed E-state index contributed by atoms with van der Waals surface area (Å²) in [6, 6.07) is 22.3. The Morgan fingerprint density at radius 1 is 0.933 bits per heavy atom. The third-order valence-electron chi connectivity index (χ3n) is 5.14. The highest BCUT2D eigenvalue weighted by molar-refractivity contribution is 5.91. The number of amides is 2. The van der Waals surface area contributed by atoms with Gasteiger partial charge in [-0.25, -0.2) is 4.79 Å². The number of anilines is 2. The molecule has 1 aliphatic heterocycles. The predicted molar refractivity (Wildman–Crippen MR) is 119 cm³/mol. The van der Waals surface area contributed by atoms with Crippen molar-refractivity contribution in [3.05, 3.63) is 78.4 Å². The highest BCUT2D eigenvalue weighted by Gasteiger charge is 2.22. The number of para-hydroxylation sites is 2. The molecular formula is C24H25N3O3. The van der Waals surface area contributed by atoms with Crippen molar-refractivity contribution in [2.45, 2.75) is 6.92 Å². The minimum atomic E-state index is -0.148. The van der Waals surface area contributed by atoms with E-state index in [-0.39, 0.29) is 11.8 Å². The van der Waals surface area contributed by atoms with E-state index in [0.29, 0.717) is 37.6 Å². The lowest BCUT2D eigenvalue weighted by molar-refractivity contribution is 0.208. The Kier molecular flexibility index (Phi) is 5.75. The standard InChI is InChI=1S/C24H25N3O3/c1-18-9-11-21(12-10-18)30-23-8-3-2-7-22(23)25-24(29)27-15-13-26(14-16-27)19-5-4-6-20(28)17-19/h2-12,17,28H,13-16H2,1H3,(H,25,29). The molecule has 0 radical (unpaired) electrons. The monoisotopic (exact) mass is 403 g/mol. The molecular weight excluding hydrogens is 378 g/mol. The summed E-state index contributed by atoms with van der Waals surface area (Å²) in [4.78, 5) is 16.8. The molecule has 3 aromatic carbocycles. The second-order valence-corrected chi connectivity index (χ2v) is 7.34. The summed E-state index contributed by atoms with van der Waals surface area (Å²) in [6.45, 7) is 4.64. The van der Waals surface area contributed by atoms with Crippen LogP contribution in [-0.4, -0.2) is 42.2 Å². The Morgan fingerprint density at radius 3 is 2.40 bits per heavy atom. The largest absolute Gasteiger partial charge is 0.508 e. The van der Waals surface area contributed by atoms with Gasteiger partial charge in [0.1, 0.15) is 11.5 Å². The first-order valence-corrected chi connectivity index (χ1v) is 10.0. The van der Waals surface area contributed by atoms with Gasteiger partial charge < -0.3 is 25.0 Å². The predicted octanol–water partition coefficient (Wildman–Crippen LogP) is 4.85. The molecule has 0 spiro atoms. The first-order chi connectivity index (χ1) is 14.6. The van der Waals surface area contributed by atoms with Gasteiger partial charge in [0.15, 0.2) is 5.75 Å². The van der Waals surface area contributed by atoms with E-state index in [4.69, 9.17) is 4.74 Å². The Hall–Kier alpha value is -3.67. The van der Waals surface area contributed by atoms with E-state index < -0.39 is 0 Å². The van der Waals surface area contributed by atoms with Gasteiger partial charge in [0.25, 0.3) is 0 Å². The maximum Gasteiger partial charge on any atom is 0.322 e. The maximum atomic E-state index is 12.8. The van der Waals surface area contributed by atoms with Crippen molar-refractivity contribution >= 4 is 17.4 Å². The van der Waals surface area contributed by atoms with Gasteiger partial charge in [-0.3, -0.25) is 0 Å². The number of benzene rings is 3. The Bertz CT molecular complexity index is 1010. The van der Waals surface area contributed by atoms with E-state index in [2.05, 4.69) is 10.2 Å². The molecule has 30 heavy (non-hydrogen) atoms. The number of phenolic OH excluding ortho intramolecular Hbond substituents is 1. The number of hydrogen-bond donors (Lipinski definition) is 2. The minimum absolute atomic E-state index is 0.148. The normalized spacial score (nSPS) is 13.8. The fourth-order valence-electron chi connectivity index (χ4n) is 3.44. The zero-order valence-electron chi connectivity index (χ0n) is 16.9. The van der Waals surface area contributed by atoms with E-state index in [0.717, 1.165) is 17.0 Å². The van der Waals surface area contributed by atoms with Crippen LogP contribution in [0.1, 0.15) is 5.56 Å². The molecule has 0 bridgehead atoms. The lowest BCUT2D eigenvalue weighted by atomic mass is 10.2. The number of carbonyl (C=O) groups excluding carboxylic acids is 1. The van der Waals surface area contributed by atoms with Gasteiger partial charge in [0.2, 0.25) is 0 Å². The summed E-state index contributed by atoms with van der Waals surface area (Å²) in [5.74, 6) is 1.58. The smallest absolute Gasteiger partial charge is 0.322 e. The van der Waals surface area contributed by atoms with E-state index in [1.165, 1.54) is 0 Å². The molecule has 1 fully saturated rings. The summed E-state index contributed by atoms with van der Waals surface area (Å²) in [7, 11) is 0. The lowest BCUT2D eigenvalue weighted by Gasteiger charge is -2.36. The third kappa shape index (κ3) is 4.66. The number of urea groups is 1. The first kappa shape index (κ1) is 19.6. The van der Waals surface area contributed by atoms with Crippen LogP contribution in [0.15, 0.2) is 72.8 Å². The van der Waals surface area contributed by atoms with Crippen molar-refractivity contribution in [2.24, 2.45) is 0 Å². The molecule has 6 nitrogen and oxygen atoms in total.